The van der Waals surface area contributed by atoms with Crippen LogP contribution in [0, 0.1) is 0 Å². The summed E-state index contributed by atoms with van der Waals surface area (Å²) in [5.41, 5.74) is 16.9. The molecule has 0 bridgehead atoms. The number of nitrogens with zero attached hydrogens (tertiary/aromatic N) is 2. The van der Waals surface area contributed by atoms with Crippen LogP contribution in [0.4, 0.5) is 34.1 Å². The number of para-hydroxylation sites is 1. The first kappa shape index (κ1) is 41.7. The second kappa shape index (κ2) is 17.9. The second-order valence-corrected chi connectivity index (χ2v) is 18.1. The maximum absolute atomic E-state index is 7.46. The molecule has 0 aliphatic carbocycles. The number of hydrogen-bond donors (Lipinski definition) is 0. The van der Waals surface area contributed by atoms with Gasteiger partial charge in [-0.15, -0.1) is 0 Å². The molecule has 13 aromatic rings. The minimum atomic E-state index is 0.792. The number of furan rings is 1. The van der Waals surface area contributed by atoms with Crippen LogP contribution >= 0.6 is 0 Å². The van der Waals surface area contributed by atoms with Crippen LogP contribution in [0.3, 0.4) is 0 Å². The van der Waals surface area contributed by atoms with E-state index >= 15 is 0 Å². The van der Waals surface area contributed by atoms with E-state index in [2.05, 4.69) is 289 Å². The van der Waals surface area contributed by atoms with Gasteiger partial charge in [-0.1, -0.05) is 206 Å². The molecule has 0 unspecified atom stereocenters. The molecule has 0 fully saturated rings. The third-order valence-corrected chi connectivity index (χ3v) is 13.8. The second-order valence-electron chi connectivity index (χ2n) is 18.1. The third kappa shape index (κ3) is 7.67. The highest BCUT2D eigenvalue weighted by Crippen LogP contribution is 2.51. The summed E-state index contributed by atoms with van der Waals surface area (Å²) in [6, 6.07) is 100. The first-order valence-corrected chi connectivity index (χ1v) is 24.2. The van der Waals surface area contributed by atoms with E-state index in [-0.39, 0.29) is 0 Å². The smallest absolute Gasteiger partial charge is 0.161 e. The van der Waals surface area contributed by atoms with E-state index in [4.69, 9.17) is 4.42 Å². The summed E-state index contributed by atoms with van der Waals surface area (Å²) in [6.45, 7) is 0. The van der Waals surface area contributed by atoms with Crippen molar-refractivity contribution in [2.24, 2.45) is 0 Å². The molecule has 0 amide bonds. The number of benzene rings is 12. The van der Waals surface area contributed by atoms with E-state index in [1.165, 1.54) is 27.5 Å². The number of hydrogen-bond acceptors (Lipinski definition) is 3. The molecular formula is C68H46N2O. The summed E-state index contributed by atoms with van der Waals surface area (Å²) in [5.74, 6) is 0. The summed E-state index contributed by atoms with van der Waals surface area (Å²) >= 11 is 0. The predicted octanol–water partition coefficient (Wildman–Crippen LogP) is 19.5. The molecule has 0 radical (unpaired) electrons. The maximum Gasteiger partial charge on any atom is 0.161 e. The Kier molecular flexibility index (Phi) is 10.5. The van der Waals surface area contributed by atoms with Gasteiger partial charge in [0.25, 0.3) is 0 Å². The predicted molar refractivity (Wildman–Crippen MR) is 300 cm³/mol. The Morgan fingerprint density at radius 3 is 1.35 bits per heavy atom. The van der Waals surface area contributed by atoms with Gasteiger partial charge in [-0.25, -0.2) is 0 Å². The van der Waals surface area contributed by atoms with Crippen LogP contribution in [0.25, 0.3) is 88.0 Å². The molecule has 0 spiro atoms. The van der Waals surface area contributed by atoms with E-state index in [0.717, 1.165) is 94.7 Å². The summed E-state index contributed by atoms with van der Waals surface area (Å²) in [5, 5.41) is 6.71. The van der Waals surface area contributed by atoms with E-state index in [1.54, 1.807) is 0 Å². The molecule has 1 heterocycles. The average Bonchev–Trinajstić information content (AvgIpc) is 3.86. The van der Waals surface area contributed by atoms with Crippen LogP contribution in [0.15, 0.2) is 283 Å². The van der Waals surface area contributed by atoms with Crippen LogP contribution in [-0.2, 0) is 0 Å². The SMILES string of the molecule is c1ccc(-c2ccc(N(c3ccc(-c4ccc5ccccc5c4)cc3-c3ccccc3)c3ccc(N(c4ccccc4)c4ccc(-c5ccccc5)cc4)c4c3oc3c5ccccc5ccc34)cc2)cc1. The van der Waals surface area contributed by atoms with Crippen molar-refractivity contribution < 1.29 is 4.42 Å². The van der Waals surface area contributed by atoms with Gasteiger partial charge in [-0.2, -0.15) is 0 Å². The van der Waals surface area contributed by atoms with Crippen molar-refractivity contribution in [1.82, 2.24) is 0 Å². The van der Waals surface area contributed by atoms with E-state index in [1.807, 2.05) is 0 Å². The van der Waals surface area contributed by atoms with Gasteiger partial charge in [-0.3, -0.25) is 0 Å². The van der Waals surface area contributed by atoms with Gasteiger partial charge in [0.1, 0.15) is 5.58 Å². The molecule has 13 rings (SSSR count). The number of rotatable bonds is 10. The Morgan fingerprint density at radius 2 is 0.690 bits per heavy atom. The normalized spacial score (nSPS) is 11.4. The van der Waals surface area contributed by atoms with Crippen molar-refractivity contribution in [2.75, 3.05) is 9.80 Å². The van der Waals surface area contributed by atoms with Crippen molar-refractivity contribution >= 4 is 77.6 Å². The first-order chi connectivity index (χ1) is 35.2. The zero-order chi connectivity index (χ0) is 47.1. The fourth-order valence-electron chi connectivity index (χ4n) is 10.3. The molecule has 0 saturated heterocycles. The molecule has 0 N–H and O–H groups in total. The molecule has 1 aromatic heterocycles. The lowest BCUT2D eigenvalue weighted by Crippen LogP contribution is -2.13. The van der Waals surface area contributed by atoms with Crippen molar-refractivity contribution in [3.63, 3.8) is 0 Å². The fourth-order valence-corrected chi connectivity index (χ4v) is 10.3. The van der Waals surface area contributed by atoms with Crippen LogP contribution in [0.5, 0.6) is 0 Å². The Morgan fingerprint density at radius 1 is 0.239 bits per heavy atom. The van der Waals surface area contributed by atoms with Crippen molar-refractivity contribution in [3.8, 4) is 44.5 Å². The van der Waals surface area contributed by atoms with E-state index < -0.39 is 0 Å². The van der Waals surface area contributed by atoms with Gasteiger partial charge in [0.2, 0.25) is 0 Å². The Bertz CT molecular complexity index is 4020. The largest absolute Gasteiger partial charge is 0.453 e. The Hall–Kier alpha value is -9.44. The van der Waals surface area contributed by atoms with Crippen LogP contribution in [0.1, 0.15) is 0 Å². The minimum absolute atomic E-state index is 0.792. The van der Waals surface area contributed by atoms with Gasteiger partial charge in [0.15, 0.2) is 5.58 Å². The summed E-state index contributed by atoms with van der Waals surface area (Å²) in [6.07, 6.45) is 0. The minimum Gasteiger partial charge on any atom is -0.453 e. The molecule has 12 aromatic carbocycles. The highest BCUT2D eigenvalue weighted by molar-refractivity contribution is 6.22. The lowest BCUT2D eigenvalue weighted by molar-refractivity contribution is 0.673. The van der Waals surface area contributed by atoms with Crippen molar-refractivity contribution in [3.05, 3.63) is 279 Å². The molecule has 3 heteroatoms. The average molecular weight is 907 g/mol. The lowest BCUT2D eigenvalue weighted by atomic mass is 9.94. The molecule has 71 heavy (non-hydrogen) atoms. The topological polar surface area (TPSA) is 19.6 Å². The van der Waals surface area contributed by atoms with E-state index in [0.29, 0.717) is 0 Å². The Labute approximate surface area is 413 Å². The number of fused-ring (bicyclic) bond motifs is 6. The quantitative estimate of drug-likeness (QED) is 0.136. The van der Waals surface area contributed by atoms with Crippen LogP contribution in [0.2, 0.25) is 0 Å². The molecule has 0 aliphatic rings. The highest BCUT2D eigenvalue weighted by Gasteiger charge is 2.27. The molecule has 0 saturated carbocycles. The summed E-state index contributed by atoms with van der Waals surface area (Å²) in [7, 11) is 0. The van der Waals surface area contributed by atoms with Crippen LogP contribution in [-0.4, -0.2) is 0 Å². The zero-order valence-corrected chi connectivity index (χ0v) is 38.9. The standard InChI is InChI=1S/C68H46N2O/c1-5-17-47(18-6-1)50-31-37-58(38-32-50)69(57-26-11-4-12-27-57)64-43-44-65(68-66(64)61-41-35-53-24-15-16-28-60(53)67(61)71-68)70(59-39-33-51(34-40-59)48-19-7-2-8-20-48)63-42-36-56(46-62(63)52-22-9-3-10-23-52)55-30-29-49-21-13-14-25-54(49)45-55/h1-46H. The van der Waals surface area contributed by atoms with Gasteiger partial charge >= 0.3 is 0 Å². The van der Waals surface area contributed by atoms with Gasteiger partial charge in [0.05, 0.1) is 22.4 Å². The molecule has 3 nitrogen and oxygen atoms in total. The van der Waals surface area contributed by atoms with Crippen molar-refractivity contribution in [2.45, 2.75) is 0 Å². The molecule has 0 aliphatic heterocycles. The van der Waals surface area contributed by atoms with Gasteiger partial charge < -0.3 is 14.2 Å². The maximum atomic E-state index is 7.46. The Balaban J connectivity index is 1.08. The first-order valence-electron chi connectivity index (χ1n) is 24.2. The monoisotopic (exact) mass is 906 g/mol. The zero-order valence-electron chi connectivity index (χ0n) is 38.9. The summed E-state index contributed by atoms with van der Waals surface area (Å²) < 4.78 is 7.46. The van der Waals surface area contributed by atoms with E-state index in [9.17, 15) is 0 Å². The van der Waals surface area contributed by atoms with Gasteiger partial charge in [0, 0.05) is 33.4 Å². The lowest BCUT2D eigenvalue weighted by Gasteiger charge is -2.30. The van der Waals surface area contributed by atoms with Gasteiger partial charge in [-0.05, 0) is 128 Å². The van der Waals surface area contributed by atoms with Crippen LogP contribution < -0.4 is 9.80 Å². The molecule has 0 atom stereocenters. The third-order valence-electron chi connectivity index (χ3n) is 13.8. The highest BCUT2D eigenvalue weighted by atomic mass is 16.3. The molecular weight excluding hydrogens is 861 g/mol. The number of anilines is 6. The summed E-state index contributed by atoms with van der Waals surface area (Å²) in [4.78, 5) is 4.78. The molecule has 334 valence electrons. The van der Waals surface area contributed by atoms with Crippen molar-refractivity contribution in [1.29, 1.82) is 0 Å². The fraction of sp³-hybridized carbons (Fsp3) is 0.